The largest absolute Gasteiger partial charge is 0.493 e. The molecule has 0 aliphatic carbocycles. The molecule has 0 spiro atoms. The molecule has 0 bridgehead atoms. The molecule has 3 aromatic rings. The van der Waals surface area contributed by atoms with Crippen molar-refractivity contribution >= 4 is 34.2 Å². The van der Waals surface area contributed by atoms with Gasteiger partial charge in [0.25, 0.3) is 0 Å². The van der Waals surface area contributed by atoms with E-state index in [1.165, 1.54) is 11.8 Å². The first-order valence-corrected chi connectivity index (χ1v) is 9.56. The summed E-state index contributed by atoms with van der Waals surface area (Å²) in [5.41, 5.74) is 2.39. The SMILES string of the molecule is COc1cc2cc(C)c3nnc(SCC(=O)NC(C)(C)C)n3c2cc1OC. The van der Waals surface area contributed by atoms with Crippen LogP contribution < -0.4 is 14.8 Å². The van der Waals surface area contributed by atoms with Crippen LogP contribution in [-0.2, 0) is 4.79 Å². The number of amides is 1. The van der Waals surface area contributed by atoms with Crippen LogP contribution in [0.4, 0.5) is 0 Å². The van der Waals surface area contributed by atoms with Crippen LogP contribution in [0, 0.1) is 6.92 Å². The van der Waals surface area contributed by atoms with Gasteiger partial charge in [0.15, 0.2) is 22.3 Å². The van der Waals surface area contributed by atoms with Gasteiger partial charge in [0.05, 0.1) is 25.5 Å². The van der Waals surface area contributed by atoms with Gasteiger partial charge in [-0.15, -0.1) is 10.2 Å². The van der Waals surface area contributed by atoms with Crippen LogP contribution in [0.15, 0.2) is 23.4 Å². The lowest BCUT2D eigenvalue weighted by Crippen LogP contribution is -2.41. The highest BCUT2D eigenvalue weighted by atomic mass is 32.2. The van der Waals surface area contributed by atoms with Crippen molar-refractivity contribution in [3.8, 4) is 11.5 Å². The zero-order valence-corrected chi connectivity index (χ0v) is 17.2. The topological polar surface area (TPSA) is 77.8 Å². The fourth-order valence-corrected chi connectivity index (χ4v) is 3.66. The molecule has 1 aromatic carbocycles. The van der Waals surface area contributed by atoms with Crippen molar-refractivity contribution < 1.29 is 14.3 Å². The molecule has 27 heavy (non-hydrogen) atoms. The summed E-state index contributed by atoms with van der Waals surface area (Å²) in [6.07, 6.45) is 0. The number of benzene rings is 1. The molecule has 0 atom stereocenters. The third kappa shape index (κ3) is 3.95. The monoisotopic (exact) mass is 388 g/mol. The van der Waals surface area contributed by atoms with Gasteiger partial charge in [-0.2, -0.15) is 0 Å². The number of pyridine rings is 1. The number of nitrogens with zero attached hydrogens (tertiary/aromatic N) is 3. The first kappa shape index (κ1) is 19.3. The minimum atomic E-state index is -0.266. The van der Waals surface area contributed by atoms with Crippen LogP contribution in [0.3, 0.4) is 0 Å². The highest BCUT2D eigenvalue weighted by Gasteiger charge is 2.18. The number of fused-ring (bicyclic) bond motifs is 3. The second-order valence-corrected chi connectivity index (χ2v) is 8.26. The summed E-state index contributed by atoms with van der Waals surface area (Å²) in [6.45, 7) is 7.86. The average Bonchev–Trinajstić information content (AvgIpc) is 3.02. The van der Waals surface area contributed by atoms with Crippen LogP contribution in [0.2, 0.25) is 0 Å². The number of hydrogen-bond acceptors (Lipinski definition) is 6. The molecule has 0 unspecified atom stereocenters. The summed E-state index contributed by atoms with van der Waals surface area (Å²) in [7, 11) is 3.22. The standard InChI is InChI=1S/C19H24N4O3S/c1-11-7-12-8-14(25-5)15(26-6)9-13(12)23-17(11)21-22-18(23)27-10-16(24)20-19(2,3)4/h7-9H,10H2,1-6H3,(H,20,24). The second kappa shape index (κ2) is 7.26. The van der Waals surface area contributed by atoms with E-state index in [0.717, 1.165) is 22.1 Å². The highest BCUT2D eigenvalue weighted by Crippen LogP contribution is 2.34. The quantitative estimate of drug-likeness (QED) is 0.676. The molecule has 7 nitrogen and oxygen atoms in total. The molecule has 2 aromatic heterocycles. The Hall–Kier alpha value is -2.48. The summed E-state index contributed by atoms with van der Waals surface area (Å²) < 4.78 is 12.8. The Morgan fingerprint density at radius 2 is 1.81 bits per heavy atom. The predicted octanol–water partition coefficient (Wildman–Crippen LogP) is 3.21. The van der Waals surface area contributed by atoms with Crippen molar-refractivity contribution in [1.29, 1.82) is 0 Å². The van der Waals surface area contributed by atoms with Crippen molar-refractivity contribution in [2.45, 2.75) is 38.4 Å². The van der Waals surface area contributed by atoms with Gasteiger partial charge in [0.2, 0.25) is 5.91 Å². The Morgan fingerprint density at radius 1 is 1.15 bits per heavy atom. The maximum absolute atomic E-state index is 12.2. The number of nitrogens with one attached hydrogen (secondary N) is 1. The maximum Gasteiger partial charge on any atom is 0.230 e. The van der Waals surface area contributed by atoms with Crippen LogP contribution >= 0.6 is 11.8 Å². The van der Waals surface area contributed by atoms with E-state index in [1.54, 1.807) is 14.2 Å². The van der Waals surface area contributed by atoms with E-state index in [4.69, 9.17) is 9.47 Å². The molecule has 1 N–H and O–H groups in total. The third-order valence-corrected chi connectivity index (χ3v) is 4.91. The molecule has 0 aliphatic rings. The molecule has 144 valence electrons. The first-order valence-electron chi connectivity index (χ1n) is 8.58. The Balaban J connectivity index is 2.05. The minimum absolute atomic E-state index is 0.0412. The van der Waals surface area contributed by atoms with Gasteiger partial charge in [0, 0.05) is 17.0 Å². The van der Waals surface area contributed by atoms with E-state index in [9.17, 15) is 4.79 Å². The zero-order valence-electron chi connectivity index (χ0n) is 16.4. The lowest BCUT2D eigenvalue weighted by Gasteiger charge is -2.20. The molecule has 0 saturated heterocycles. The number of thioether (sulfide) groups is 1. The maximum atomic E-state index is 12.2. The Labute approximate surface area is 162 Å². The average molecular weight is 388 g/mol. The van der Waals surface area contributed by atoms with Gasteiger partial charge in [-0.3, -0.25) is 9.20 Å². The molecule has 0 radical (unpaired) electrons. The van der Waals surface area contributed by atoms with E-state index in [2.05, 4.69) is 15.5 Å². The fraction of sp³-hybridized carbons (Fsp3) is 0.421. The smallest absolute Gasteiger partial charge is 0.230 e. The normalized spacial score (nSPS) is 11.8. The lowest BCUT2D eigenvalue weighted by atomic mass is 10.1. The van der Waals surface area contributed by atoms with Gasteiger partial charge >= 0.3 is 0 Å². The molecular formula is C19H24N4O3S. The number of rotatable bonds is 5. The van der Waals surface area contributed by atoms with E-state index in [-0.39, 0.29) is 17.2 Å². The first-order chi connectivity index (χ1) is 12.7. The van der Waals surface area contributed by atoms with Crippen molar-refractivity contribution in [1.82, 2.24) is 19.9 Å². The van der Waals surface area contributed by atoms with Gasteiger partial charge in [-0.05, 0) is 45.4 Å². The summed E-state index contributed by atoms with van der Waals surface area (Å²) >= 11 is 1.36. The van der Waals surface area contributed by atoms with Crippen LogP contribution in [0.5, 0.6) is 11.5 Å². The van der Waals surface area contributed by atoms with Crippen molar-refractivity contribution in [3.63, 3.8) is 0 Å². The van der Waals surface area contributed by atoms with Crippen molar-refractivity contribution in [3.05, 3.63) is 23.8 Å². The number of hydrogen-bond donors (Lipinski definition) is 1. The summed E-state index contributed by atoms with van der Waals surface area (Å²) in [4.78, 5) is 12.2. The lowest BCUT2D eigenvalue weighted by molar-refractivity contribution is -0.119. The molecule has 0 saturated carbocycles. The number of ether oxygens (including phenoxy) is 2. The summed E-state index contributed by atoms with van der Waals surface area (Å²) in [6, 6.07) is 5.88. The minimum Gasteiger partial charge on any atom is -0.493 e. The second-order valence-electron chi connectivity index (χ2n) is 7.32. The molecule has 2 heterocycles. The Bertz CT molecular complexity index is 1010. The van der Waals surface area contributed by atoms with Crippen molar-refractivity contribution in [2.75, 3.05) is 20.0 Å². The number of aromatic nitrogens is 3. The fourth-order valence-electron chi connectivity index (χ4n) is 2.91. The van der Waals surface area contributed by atoms with E-state index >= 15 is 0 Å². The predicted molar refractivity (Wildman–Crippen MR) is 107 cm³/mol. The highest BCUT2D eigenvalue weighted by molar-refractivity contribution is 7.99. The van der Waals surface area contributed by atoms with Gasteiger partial charge in [0.1, 0.15) is 0 Å². The summed E-state index contributed by atoms with van der Waals surface area (Å²) in [5.74, 6) is 1.52. The molecule has 3 rings (SSSR count). The van der Waals surface area contributed by atoms with Crippen molar-refractivity contribution in [2.24, 2.45) is 0 Å². The van der Waals surface area contributed by atoms with Crippen LogP contribution in [0.1, 0.15) is 26.3 Å². The van der Waals surface area contributed by atoms with Gasteiger partial charge in [-0.1, -0.05) is 11.8 Å². The van der Waals surface area contributed by atoms with Gasteiger partial charge < -0.3 is 14.8 Å². The summed E-state index contributed by atoms with van der Waals surface area (Å²) in [5, 5.41) is 13.2. The molecule has 0 fully saturated rings. The van der Waals surface area contributed by atoms with Crippen LogP contribution in [0.25, 0.3) is 16.6 Å². The van der Waals surface area contributed by atoms with Gasteiger partial charge in [-0.25, -0.2) is 0 Å². The number of methoxy groups -OCH3 is 2. The molecular weight excluding hydrogens is 364 g/mol. The number of carbonyl (C=O) groups is 1. The Morgan fingerprint density at radius 3 is 2.44 bits per heavy atom. The zero-order chi connectivity index (χ0) is 19.8. The number of carbonyl (C=O) groups excluding carboxylic acids is 1. The Kier molecular flexibility index (Phi) is 5.19. The van der Waals surface area contributed by atoms with Crippen LogP contribution in [-0.4, -0.2) is 46.0 Å². The molecule has 8 heteroatoms. The number of aryl methyl sites for hydroxylation is 1. The molecule has 0 aliphatic heterocycles. The van der Waals surface area contributed by atoms with E-state index in [0.29, 0.717) is 16.7 Å². The van der Waals surface area contributed by atoms with E-state index in [1.807, 2.05) is 50.3 Å². The molecule has 1 amide bonds. The van der Waals surface area contributed by atoms with E-state index < -0.39 is 0 Å². The third-order valence-electron chi connectivity index (χ3n) is 3.98.